The van der Waals surface area contributed by atoms with Crippen molar-refractivity contribution >= 4 is 28.3 Å². The summed E-state index contributed by atoms with van der Waals surface area (Å²) in [6, 6.07) is 16.3. The Morgan fingerprint density at radius 3 is 2.73 bits per heavy atom. The monoisotopic (exact) mass is 445 g/mol. The molecule has 1 atom stereocenters. The second-order valence-corrected chi connectivity index (χ2v) is 8.97. The zero-order chi connectivity index (χ0) is 22.8. The maximum Gasteiger partial charge on any atom is 0.238 e. The highest BCUT2D eigenvalue weighted by Crippen LogP contribution is 2.39. The van der Waals surface area contributed by atoms with Gasteiger partial charge in [0.05, 0.1) is 30.9 Å². The Labute approximate surface area is 194 Å². The average molecular weight is 446 g/mol. The number of anilines is 2. The van der Waals surface area contributed by atoms with Crippen molar-refractivity contribution in [1.29, 1.82) is 0 Å². The van der Waals surface area contributed by atoms with Crippen molar-refractivity contribution in [3.05, 3.63) is 59.7 Å². The number of pyridine rings is 1. The van der Waals surface area contributed by atoms with Crippen LogP contribution in [0.3, 0.4) is 0 Å². The normalized spacial score (nSPS) is 18.8. The van der Waals surface area contributed by atoms with E-state index >= 15 is 0 Å². The summed E-state index contributed by atoms with van der Waals surface area (Å²) in [7, 11) is 3.84. The van der Waals surface area contributed by atoms with Gasteiger partial charge >= 0.3 is 0 Å². The Morgan fingerprint density at radius 1 is 1.09 bits per heavy atom. The van der Waals surface area contributed by atoms with Gasteiger partial charge in [-0.05, 0) is 55.8 Å². The lowest BCUT2D eigenvalue weighted by Gasteiger charge is -2.31. The fourth-order valence-electron chi connectivity index (χ4n) is 4.89. The number of hydrogen-bond donors (Lipinski definition) is 2. The van der Waals surface area contributed by atoms with E-state index in [-0.39, 0.29) is 11.9 Å². The summed E-state index contributed by atoms with van der Waals surface area (Å²) in [6.45, 7) is 4.26. The van der Waals surface area contributed by atoms with Crippen LogP contribution in [-0.2, 0) is 11.2 Å². The van der Waals surface area contributed by atoms with Crippen molar-refractivity contribution in [2.45, 2.75) is 18.9 Å². The number of rotatable bonds is 6. The van der Waals surface area contributed by atoms with Gasteiger partial charge in [0.1, 0.15) is 11.6 Å². The second-order valence-electron chi connectivity index (χ2n) is 8.97. The minimum absolute atomic E-state index is 0.0175. The van der Waals surface area contributed by atoms with Gasteiger partial charge in [-0.2, -0.15) is 0 Å². The van der Waals surface area contributed by atoms with E-state index in [0.717, 1.165) is 67.2 Å². The van der Waals surface area contributed by atoms with Crippen LogP contribution in [0.25, 0.3) is 10.9 Å². The standard InChI is InChI=1S/C26H31N5O2/c1-30-13-15-31(16-14-30)17-25(32)29-21-7-4-6-20-19(21)10-12-24(27-20)28-22-11-9-18-5-3-8-23(33-2)26(18)22/h3-8,10,12,22H,9,11,13-17H2,1-2H3,(H,27,28)(H,29,32). The van der Waals surface area contributed by atoms with Crippen LogP contribution in [0.15, 0.2) is 48.5 Å². The zero-order valence-electron chi connectivity index (χ0n) is 19.3. The highest BCUT2D eigenvalue weighted by molar-refractivity contribution is 6.02. The highest BCUT2D eigenvalue weighted by atomic mass is 16.5. The summed E-state index contributed by atoms with van der Waals surface area (Å²) in [6.07, 6.45) is 2.04. The minimum Gasteiger partial charge on any atom is -0.496 e. The SMILES string of the molecule is COc1cccc2c1C(Nc1ccc3c(NC(=O)CN4CCN(C)CC4)cccc3n1)CC2. The van der Waals surface area contributed by atoms with E-state index in [9.17, 15) is 4.79 Å². The molecule has 0 bridgehead atoms. The number of nitrogens with zero attached hydrogens (tertiary/aromatic N) is 3. The van der Waals surface area contributed by atoms with E-state index in [4.69, 9.17) is 9.72 Å². The molecule has 2 aliphatic rings. The van der Waals surface area contributed by atoms with Crippen LogP contribution in [0.1, 0.15) is 23.6 Å². The average Bonchev–Trinajstić information content (AvgIpc) is 3.23. The van der Waals surface area contributed by atoms with Gasteiger partial charge in [0.15, 0.2) is 0 Å². The first-order chi connectivity index (χ1) is 16.1. The molecule has 5 rings (SSSR count). The Hall–Kier alpha value is -3.16. The Balaban J connectivity index is 1.30. The maximum absolute atomic E-state index is 12.7. The smallest absolute Gasteiger partial charge is 0.238 e. The molecule has 2 aromatic carbocycles. The second kappa shape index (κ2) is 9.37. The Morgan fingerprint density at radius 2 is 1.91 bits per heavy atom. The zero-order valence-corrected chi connectivity index (χ0v) is 19.3. The predicted octanol–water partition coefficient (Wildman–Crippen LogP) is 3.53. The molecular weight excluding hydrogens is 414 g/mol. The minimum atomic E-state index is 0.0175. The Bertz CT molecular complexity index is 1160. The number of carbonyl (C=O) groups excluding carboxylic acids is 1. The lowest BCUT2D eigenvalue weighted by atomic mass is 10.1. The van der Waals surface area contributed by atoms with Crippen LogP contribution < -0.4 is 15.4 Å². The van der Waals surface area contributed by atoms with Gasteiger partial charge in [0.2, 0.25) is 5.91 Å². The van der Waals surface area contributed by atoms with Gasteiger partial charge in [-0.1, -0.05) is 18.2 Å². The lowest BCUT2D eigenvalue weighted by Crippen LogP contribution is -2.47. The summed E-state index contributed by atoms with van der Waals surface area (Å²) in [5.41, 5.74) is 4.22. The molecule has 1 aromatic heterocycles. The van der Waals surface area contributed by atoms with E-state index in [1.54, 1.807) is 7.11 Å². The fraction of sp³-hybridized carbons (Fsp3) is 0.385. The third-order valence-corrected chi connectivity index (χ3v) is 6.72. The molecule has 1 amide bonds. The van der Waals surface area contributed by atoms with Crippen molar-refractivity contribution in [2.75, 3.05) is 57.5 Å². The largest absolute Gasteiger partial charge is 0.496 e. The number of piperazine rings is 1. The summed E-state index contributed by atoms with van der Waals surface area (Å²) < 4.78 is 5.60. The molecule has 172 valence electrons. The molecule has 0 spiro atoms. The van der Waals surface area contributed by atoms with Crippen molar-refractivity contribution < 1.29 is 9.53 Å². The van der Waals surface area contributed by atoms with Gasteiger partial charge < -0.3 is 20.3 Å². The van der Waals surface area contributed by atoms with Crippen molar-refractivity contribution in [1.82, 2.24) is 14.8 Å². The van der Waals surface area contributed by atoms with E-state index in [1.165, 1.54) is 11.1 Å². The number of carbonyl (C=O) groups is 1. The third kappa shape index (κ3) is 4.65. The molecule has 0 radical (unpaired) electrons. The molecule has 1 unspecified atom stereocenters. The molecule has 1 aliphatic carbocycles. The number of ether oxygens (including phenoxy) is 1. The van der Waals surface area contributed by atoms with Crippen molar-refractivity contribution in [3.63, 3.8) is 0 Å². The van der Waals surface area contributed by atoms with Crippen LogP contribution >= 0.6 is 0 Å². The first-order valence-electron chi connectivity index (χ1n) is 11.6. The summed E-state index contributed by atoms with van der Waals surface area (Å²) in [4.78, 5) is 22.0. The predicted molar refractivity (Wildman–Crippen MR) is 132 cm³/mol. The van der Waals surface area contributed by atoms with Crippen LogP contribution in [-0.4, -0.2) is 67.6 Å². The number of hydrogen-bond acceptors (Lipinski definition) is 6. The molecule has 2 heterocycles. The maximum atomic E-state index is 12.7. The summed E-state index contributed by atoms with van der Waals surface area (Å²) in [5.74, 6) is 1.77. The number of amides is 1. The summed E-state index contributed by atoms with van der Waals surface area (Å²) in [5, 5.41) is 7.63. The molecule has 1 saturated heterocycles. The molecule has 7 heteroatoms. The van der Waals surface area contributed by atoms with Crippen LogP contribution in [0.5, 0.6) is 5.75 Å². The first-order valence-corrected chi connectivity index (χ1v) is 11.6. The Kier molecular flexibility index (Phi) is 6.15. The quantitative estimate of drug-likeness (QED) is 0.605. The molecule has 0 saturated carbocycles. The highest BCUT2D eigenvalue weighted by Gasteiger charge is 2.26. The molecule has 3 aromatic rings. The van der Waals surface area contributed by atoms with Crippen molar-refractivity contribution in [2.24, 2.45) is 0 Å². The van der Waals surface area contributed by atoms with Gasteiger partial charge in [-0.3, -0.25) is 9.69 Å². The van der Waals surface area contributed by atoms with Gasteiger partial charge in [0, 0.05) is 37.1 Å². The molecule has 1 fully saturated rings. The van der Waals surface area contributed by atoms with Crippen molar-refractivity contribution in [3.8, 4) is 5.75 Å². The topological polar surface area (TPSA) is 69.7 Å². The van der Waals surface area contributed by atoms with Gasteiger partial charge in [-0.25, -0.2) is 4.98 Å². The van der Waals surface area contributed by atoms with E-state index in [2.05, 4.69) is 33.5 Å². The number of aryl methyl sites for hydroxylation is 1. The number of benzene rings is 2. The van der Waals surface area contributed by atoms with E-state index < -0.39 is 0 Å². The van der Waals surface area contributed by atoms with Crippen LogP contribution in [0.4, 0.5) is 11.5 Å². The number of aromatic nitrogens is 1. The van der Waals surface area contributed by atoms with E-state index in [0.29, 0.717) is 6.54 Å². The molecule has 7 nitrogen and oxygen atoms in total. The van der Waals surface area contributed by atoms with Gasteiger partial charge in [-0.15, -0.1) is 0 Å². The van der Waals surface area contributed by atoms with Crippen LogP contribution in [0, 0.1) is 0 Å². The number of fused-ring (bicyclic) bond motifs is 2. The molecule has 1 aliphatic heterocycles. The molecular formula is C26H31N5O2. The lowest BCUT2D eigenvalue weighted by molar-refractivity contribution is -0.117. The molecule has 33 heavy (non-hydrogen) atoms. The number of methoxy groups -OCH3 is 1. The van der Waals surface area contributed by atoms with Gasteiger partial charge in [0.25, 0.3) is 0 Å². The third-order valence-electron chi connectivity index (χ3n) is 6.72. The van der Waals surface area contributed by atoms with Crippen LogP contribution in [0.2, 0.25) is 0 Å². The fourth-order valence-corrected chi connectivity index (χ4v) is 4.89. The number of likely N-dealkylation sites (N-methyl/N-ethyl adjacent to an activating group) is 1. The summed E-state index contributed by atoms with van der Waals surface area (Å²) >= 11 is 0. The molecule has 2 N–H and O–H groups in total. The number of nitrogens with one attached hydrogen (secondary N) is 2. The first kappa shape index (κ1) is 21.7. The van der Waals surface area contributed by atoms with E-state index in [1.807, 2.05) is 42.5 Å².